The Morgan fingerprint density at radius 2 is 2.25 bits per heavy atom. The van der Waals surface area contributed by atoms with Crippen LogP contribution in [0, 0.1) is 6.92 Å². The van der Waals surface area contributed by atoms with Crippen molar-refractivity contribution in [3.05, 3.63) is 20.6 Å². The van der Waals surface area contributed by atoms with E-state index in [4.69, 9.17) is 0 Å². The van der Waals surface area contributed by atoms with Gasteiger partial charge in [-0.15, -0.1) is 10.2 Å². The molecule has 0 spiro atoms. The molecular weight excluding hydrogens is 290 g/mol. The van der Waals surface area contributed by atoms with Crippen molar-refractivity contribution in [2.45, 2.75) is 32.2 Å². The highest BCUT2D eigenvalue weighted by Gasteiger charge is 2.28. The van der Waals surface area contributed by atoms with Crippen molar-refractivity contribution >= 4 is 27.3 Å². The summed E-state index contributed by atoms with van der Waals surface area (Å²) in [5.74, 6) is 1.53. The molecule has 84 valence electrons. The number of aromatic nitrogens is 5. The molecule has 1 fully saturated rings. The van der Waals surface area contributed by atoms with Crippen molar-refractivity contribution in [3.8, 4) is 0 Å². The zero-order valence-electron chi connectivity index (χ0n) is 8.72. The zero-order chi connectivity index (χ0) is 11.1. The normalized spacial score (nSPS) is 15.6. The molecule has 0 bridgehead atoms. The monoisotopic (exact) mass is 299 g/mol. The van der Waals surface area contributed by atoms with Crippen LogP contribution in [0.4, 0.5) is 0 Å². The molecule has 0 aliphatic heterocycles. The van der Waals surface area contributed by atoms with Gasteiger partial charge in [-0.2, -0.15) is 5.10 Å². The predicted octanol–water partition coefficient (Wildman–Crippen LogP) is 2.13. The van der Waals surface area contributed by atoms with Crippen LogP contribution < -0.4 is 0 Å². The fraction of sp³-hybridized carbons (Fsp3) is 0.556. The fourth-order valence-corrected chi connectivity index (χ4v) is 2.56. The number of halogens is 1. The smallest absolute Gasteiger partial charge is 0.195 e. The molecule has 3 rings (SSSR count). The van der Waals surface area contributed by atoms with E-state index in [1.807, 2.05) is 11.6 Å². The van der Waals surface area contributed by atoms with Crippen LogP contribution in [0.15, 0.2) is 4.73 Å². The number of nitrogens with zero attached hydrogens (tertiary/aromatic N) is 5. The van der Waals surface area contributed by atoms with E-state index in [2.05, 4.69) is 36.2 Å². The highest BCUT2D eigenvalue weighted by Crippen LogP contribution is 2.38. The summed E-state index contributed by atoms with van der Waals surface area (Å²) < 4.78 is 2.62. The summed E-state index contributed by atoms with van der Waals surface area (Å²) >= 11 is 5.02. The van der Waals surface area contributed by atoms with E-state index >= 15 is 0 Å². The molecule has 0 aromatic carbocycles. The van der Waals surface area contributed by atoms with E-state index in [-0.39, 0.29) is 0 Å². The van der Waals surface area contributed by atoms with E-state index in [9.17, 15) is 0 Å². The lowest BCUT2D eigenvalue weighted by molar-refractivity contribution is 0.650. The van der Waals surface area contributed by atoms with Crippen molar-refractivity contribution in [3.63, 3.8) is 0 Å². The Morgan fingerprint density at radius 1 is 1.44 bits per heavy atom. The average molecular weight is 300 g/mol. The van der Waals surface area contributed by atoms with Crippen molar-refractivity contribution in [2.75, 3.05) is 0 Å². The second-order valence-electron chi connectivity index (χ2n) is 3.89. The second-order valence-corrected chi connectivity index (χ2v) is 5.86. The van der Waals surface area contributed by atoms with Gasteiger partial charge in [-0.1, -0.05) is 11.3 Å². The number of hydrogen-bond acceptors (Lipinski definition) is 5. The van der Waals surface area contributed by atoms with Crippen LogP contribution in [0.2, 0.25) is 0 Å². The maximum Gasteiger partial charge on any atom is 0.195 e. The Kier molecular flexibility index (Phi) is 2.51. The molecule has 1 aliphatic carbocycles. The molecule has 2 aromatic rings. The fourth-order valence-electron chi connectivity index (χ4n) is 1.48. The molecule has 0 radical (unpaired) electrons. The summed E-state index contributed by atoms with van der Waals surface area (Å²) in [6, 6.07) is 0. The summed E-state index contributed by atoms with van der Waals surface area (Å²) in [6.45, 7) is 2.60. The Hall–Kier alpha value is -0.820. The molecule has 0 amide bonds. The largest absolute Gasteiger partial charge is 0.233 e. The lowest BCUT2D eigenvalue weighted by atomic mass is 10.4. The molecule has 0 atom stereocenters. The summed E-state index contributed by atoms with van der Waals surface area (Å²) in [5, 5.41) is 14.5. The standard InChI is InChI=1S/C9H10BrN5S/c1-5-12-13-7(16-5)4-15-9(10)11-8(14-15)6-2-3-6/h6H,2-4H2,1H3. The molecule has 0 N–H and O–H groups in total. The Balaban J connectivity index is 1.83. The first-order valence-corrected chi connectivity index (χ1v) is 6.72. The van der Waals surface area contributed by atoms with Gasteiger partial charge in [0.2, 0.25) is 0 Å². The minimum Gasteiger partial charge on any atom is -0.233 e. The maximum atomic E-state index is 4.47. The van der Waals surface area contributed by atoms with E-state index in [1.54, 1.807) is 11.3 Å². The van der Waals surface area contributed by atoms with Crippen molar-refractivity contribution in [1.29, 1.82) is 0 Å². The molecule has 5 nitrogen and oxygen atoms in total. The molecule has 2 aromatic heterocycles. The van der Waals surface area contributed by atoms with Gasteiger partial charge in [0.15, 0.2) is 10.6 Å². The van der Waals surface area contributed by atoms with Gasteiger partial charge in [-0.05, 0) is 35.7 Å². The first-order valence-electron chi connectivity index (χ1n) is 5.11. The van der Waals surface area contributed by atoms with Crippen LogP contribution in [-0.2, 0) is 6.54 Å². The van der Waals surface area contributed by atoms with E-state index in [0.717, 1.165) is 20.6 Å². The molecule has 0 saturated heterocycles. The summed E-state index contributed by atoms with van der Waals surface area (Å²) in [5.41, 5.74) is 0. The van der Waals surface area contributed by atoms with Gasteiger partial charge < -0.3 is 0 Å². The van der Waals surface area contributed by atoms with Crippen LogP contribution in [-0.4, -0.2) is 25.0 Å². The van der Waals surface area contributed by atoms with Gasteiger partial charge >= 0.3 is 0 Å². The quantitative estimate of drug-likeness (QED) is 0.871. The Morgan fingerprint density at radius 3 is 2.88 bits per heavy atom. The van der Waals surface area contributed by atoms with E-state index < -0.39 is 0 Å². The molecule has 1 aliphatic rings. The summed E-state index contributed by atoms with van der Waals surface area (Å²) in [7, 11) is 0. The van der Waals surface area contributed by atoms with E-state index in [0.29, 0.717) is 12.5 Å². The lowest BCUT2D eigenvalue weighted by Gasteiger charge is -1.96. The maximum absolute atomic E-state index is 4.47. The average Bonchev–Trinajstić information content (AvgIpc) is 2.93. The summed E-state index contributed by atoms with van der Waals surface area (Å²) in [4.78, 5) is 4.40. The number of hydrogen-bond donors (Lipinski definition) is 0. The van der Waals surface area contributed by atoms with Crippen LogP contribution in [0.3, 0.4) is 0 Å². The number of aryl methyl sites for hydroxylation is 1. The minimum atomic E-state index is 0.578. The first-order chi connectivity index (χ1) is 7.72. The van der Waals surface area contributed by atoms with Gasteiger partial charge in [0, 0.05) is 5.92 Å². The lowest BCUT2D eigenvalue weighted by Crippen LogP contribution is -2.02. The molecule has 2 heterocycles. The van der Waals surface area contributed by atoms with Gasteiger partial charge in [0.1, 0.15) is 10.0 Å². The van der Waals surface area contributed by atoms with Gasteiger partial charge in [0.05, 0.1) is 6.54 Å². The first kappa shape index (κ1) is 10.3. The molecule has 1 saturated carbocycles. The Labute approximate surface area is 105 Å². The van der Waals surface area contributed by atoms with Crippen molar-refractivity contribution in [1.82, 2.24) is 25.0 Å². The van der Waals surface area contributed by atoms with Crippen molar-refractivity contribution < 1.29 is 0 Å². The second kappa shape index (κ2) is 3.89. The predicted molar refractivity (Wildman–Crippen MR) is 63.4 cm³/mol. The third-order valence-electron chi connectivity index (χ3n) is 2.44. The van der Waals surface area contributed by atoms with Crippen LogP contribution >= 0.6 is 27.3 Å². The SMILES string of the molecule is Cc1nnc(Cn2nc(C3CC3)nc2Br)s1. The highest BCUT2D eigenvalue weighted by molar-refractivity contribution is 9.10. The number of rotatable bonds is 3. The Bertz CT molecular complexity index is 516. The molecule has 16 heavy (non-hydrogen) atoms. The summed E-state index contributed by atoms with van der Waals surface area (Å²) in [6.07, 6.45) is 2.43. The minimum absolute atomic E-state index is 0.578. The zero-order valence-corrected chi connectivity index (χ0v) is 11.1. The van der Waals surface area contributed by atoms with Gasteiger partial charge in [-0.3, -0.25) is 0 Å². The molecule has 7 heteroatoms. The topological polar surface area (TPSA) is 56.5 Å². The van der Waals surface area contributed by atoms with Crippen LogP contribution in [0.5, 0.6) is 0 Å². The van der Waals surface area contributed by atoms with E-state index in [1.165, 1.54) is 12.8 Å². The van der Waals surface area contributed by atoms with Crippen LogP contribution in [0.1, 0.15) is 34.6 Å². The van der Waals surface area contributed by atoms with Gasteiger partial charge in [-0.25, -0.2) is 9.67 Å². The van der Waals surface area contributed by atoms with Crippen LogP contribution in [0.25, 0.3) is 0 Å². The third-order valence-corrected chi connectivity index (χ3v) is 3.85. The molecular formula is C9H10BrN5S. The highest BCUT2D eigenvalue weighted by atomic mass is 79.9. The molecule has 0 unspecified atom stereocenters. The van der Waals surface area contributed by atoms with Gasteiger partial charge in [0.25, 0.3) is 0 Å². The third kappa shape index (κ3) is 2.01. The van der Waals surface area contributed by atoms with Crippen molar-refractivity contribution in [2.24, 2.45) is 0 Å².